The lowest BCUT2D eigenvalue weighted by molar-refractivity contribution is -0.549. The fourth-order valence-corrected chi connectivity index (χ4v) is 4.05. The molecule has 0 radical (unpaired) electrons. The van der Waals surface area contributed by atoms with Crippen LogP contribution in [0.5, 0.6) is 11.5 Å². The number of guanidine groups is 1. The molecule has 164 valence electrons. The van der Waals surface area contributed by atoms with E-state index in [0.717, 1.165) is 50.2 Å². The SMILES string of the molecule is NC(N)=[N+]1CCc2ccc(OC(C(=O)O)c3ccc(OC4CCNCC4)cc3)cc2C1. The minimum atomic E-state index is -1.11. The van der Waals surface area contributed by atoms with Gasteiger partial charge in [-0.2, -0.15) is 0 Å². The van der Waals surface area contributed by atoms with Gasteiger partial charge in [0.05, 0.1) is 13.1 Å². The van der Waals surface area contributed by atoms with Crippen LogP contribution < -0.4 is 26.3 Å². The van der Waals surface area contributed by atoms with Gasteiger partial charge in [-0.3, -0.25) is 16.0 Å². The number of carboxylic acids is 1. The Labute approximate surface area is 181 Å². The first kappa shape index (κ1) is 21.0. The van der Waals surface area contributed by atoms with Crippen LogP contribution in [0.2, 0.25) is 0 Å². The zero-order valence-electron chi connectivity index (χ0n) is 17.4. The van der Waals surface area contributed by atoms with Crippen molar-refractivity contribution < 1.29 is 24.0 Å². The van der Waals surface area contributed by atoms with Gasteiger partial charge in [0, 0.05) is 12.0 Å². The lowest BCUT2D eigenvalue weighted by Crippen LogP contribution is -2.38. The maximum Gasteiger partial charge on any atom is 0.349 e. The number of carbonyl (C=O) groups is 1. The summed E-state index contributed by atoms with van der Waals surface area (Å²) in [5.41, 5.74) is 14.2. The number of carboxylic acid groups (broad SMARTS) is 1. The lowest BCUT2D eigenvalue weighted by atomic mass is 10.0. The molecule has 1 fully saturated rings. The van der Waals surface area contributed by atoms with Gasteiger partial charge >= 0.3 is 11.9 Å². The van der Waals surface area contributed by atoms with E-state index in [2.05, 4.69) is 5.32 Å². The number of hydrogen-bond donors (Lipinski definition) is 4. The third-order valence-electron chi connectivity index (χ3n) is 5.81. The molecule has 0 aliphatic carbocycles. The number of piperidine rings is 1. The number of aliphatic carboxylic acids is 1. The number of rotatable bonds is 6. The predicted octanol–water partition coefficient (Wildman–Crippen LogP) is 1.36. The van der Waals surface area contributed by atoms with Gasteiger partial charge in [0.25, 0.3) is 0 Å². The van der Waals surface area contributed by atoms with Crippen molar-refractivity contribution in [2.45, 2.75) is 38.0 Å². The molecule has 0 amide bonds. The van der Waals surface area contributed by atoms with E-state index in [-0.39, 0.29) is 12.1 Å². The van der Waals surface area contributed by atoms with Crippen molar-refractivity contribution in [1.82, 2.24) is 5.32 Å². The summed E-state index contributed by atoms with van der Waals surface area (Å²) < 4.78 is 13.8. The van der Waals surface area contributed by atoms with Gasteiger partial charge in [-0.15, -0.1) is 0 Å². The summed E-state index contributed by atoms with van der Waals surface area (Å²) in [6.45, 7) is 3.24. The van der Waals surface area contributed by atoms with Crippen molar-refractivity contribution >= 4 is 11.9 Å². The van der Waals surface area contributed by atoms with Crippen molar-refractivity contribution in [2.75, 3.05) is 19.6 Å². The summed E-state index contributed by atoms with van der Waals surface area (Å²) in [6.07, 6.45) is 1.83. The monoisotopic (exact) mass is 425 g/mol. The smallest absolute Gasteiger partial charge is 0.349 e. The number of nitrogens with two attached hydrogens (primary N) is 2. The second-order valence-corrected chi connectivity index (χ2v) is 8.00. The minimum Gasteiger partial charge on any atom is -0.490 e. The highest BCUT2D eigenvalue weighted by Crippen LogP contribution is 2.28. The quantitative estimate of drug-likeness (QED) is 0.407. The van der Waals surface area contributed by atoms with Gasteiger partial charge < -0.3 is 19.9 Å². The second kappa shape index (κ2) is 9.26. The molecule has 0 spiro atoms. The highest BCUT2D eigenvalue weighted by molar-refractivity contribution is 5.75. The van der Waals surface area contributed by atoms with Crippen molar-refractivity contribution in [3.63, 3.8) is 0 Å². The Morgan fingerprint density at radius 3 is 2.45 bits per heavy atom. The van der Waals surface area contributed by atoms with E-state index in [4.69, 9.17) is 20.9 Å². The third-order valence-corrected chi connectivity index (χ3v) is 5.81. The van der Waals surface area contributed by atoms with E-state index >= 15 is 0 Å². The molecule has 0 saturated carbocycles. The molecule has 2 aromatic rings. The molecule has 2 aliphatic rings. The molecule has 2 aromatic carbocycles. The molecule has 1 atom stereocenters. The molecule has 2 heterocycles. The standard InChI is InChI=1S/C23H28N4O4/c24-23(25)27-12-9-15-1-6-20(13-17(15)14-27)31-21(22(28)29)16-2-4-18(5-3-16)30-19-7-10-26-11-8-19/h1-6,13,19,21,26H,7-12,14H2,(H4,24,25,28,29)/p+1. The predicted molar refractivity (Wildman–Crippen MR) is 116 cm³/mol. The Morgan fingerprint density at radius 2 is 1.77 bits per heavy atom. The molecule has 1 saturated heterocycles. The Hall–Kier alpha value is -3.26. The Balaban J connectivity index is 1.48. The Bertz CT molecular complexity index is 964. The van der Waals surface area contributed by atoms with Crippen LogP contribution in [0.4, 0.5) is 0 Å². The van der Waals surface area contributed by atoms with Crippen molar-refractivity contribution in [3.8, 4) is 11.5 Å². The summed E-state index contributed by atoms with van der Waals surface area (Å²) in [5.74, 6) is 0.473. The summed E-state index contributed by atoms with van der Waals surface area (Å²) in [6, 6.07) is 12.8. The van der Waals surface area contributed by atoms with Gasteiger partial charge in [0.1, 0.15) is 17.6 Å². The van der Waals surface area contributed by atoms with Crippen LogP contribution in [0.1, 0.15) is 35.6 Å². The molecule has 31 heavy (non-hydrogen) atoms. The van der Waals surface area contributed by atoms with Crippen LogP contribution in [-0.4, -0.2) is 47.3 Å². The van der Waals surface area contributed by atoms with E-state index in [0.29, 0.717) is 17.9 Å². The van der Waals surface area contributed by atoms with Gasteiger partial charge in [-0.05, 0) is 61.3 Å². The fourth-order valence-electron chi connectivity index (χ4n) is 4.05. The summed E-state index contributed by atoms with van der Waals surface area (Å²) in [4.78, 5) is 11.9. The van der Waals surface area contributed by atoms with E-state index in [1.807, 2.05) is 22.8 Å². The highest BCUT2D eigenvalue weighted by Gasteiger charge is 2.24. The van der Waals surface area contributed by atoms with Gasteiger partial charge in [0.15, 0.2) is 0 Å². The fraction of sp³-hybridized carbons (Fsp3) is 0.391. The summed E-state index contributed by atoms with van der Waals surface area (Å²) in [7, 11) is 0. The molecule has 1 unspecified atom stereocenters. The van der Waals surface area contributed by atoms with E-state index in [9.17, 15) is 9.90 Å². The minimum absolute atomic E-state index is 0.188. The van der Waals surface area contributed by atoms with Crippen LogP contribution in [-0.2, 0) is 17.8 Å². The van der Waals surface area contributed by atoms with Crippen molar-refractivity contribution in [1.29, 1.82) is 0 Å². The van der Waals surface area contributed by atoms with Crippen LogP contribution in [0.3, 0.4) is 0 Å². The number of nitrogens with one attached hydrogen (secondary N) is 1. The molecular formula is C23H29N4O4+. The molecule has 0 aromatic heterocycles. The molecule has 4 rings (SSSR count). The second-order valence-electron chi connectivity index (χ2n) is 8.00. The largest absolute Gasteiger partial charge is 0.490 e. The first-order valence-electron chi connectivity index (χ1n) is 10.6. The van der Waals surface area contributed by atoms with Gasteiger partial charge in [-0.25, -0.2) is 4.79 Å². The summed E-state index contributed by atoms with van der Waals surface area (Å²) in [5, 5.41) is 13.1. The normalized spacial score (nSPS) is 17.5. The maximum atomic E-state index is 11.9. The zero-order chi connectivity index (χ0) is 21.8. The summed E-state index contributed by atoms with van der Waals surface area (Å²) >= 11 is 0. The average Bonchev–Trinajstić information content (AvgIpc) is 2.78. The van der Waals surface area contributed by atoms with Crippen molar-refractivity contribution in [2.24, 2.45) is 11.5 Å². The number of fused-ring (bicyclic) bond motifs is 1. The number of ether oxygens (including phenoxy) is 2. The molecule has 6 N–H and O–H groups in total. The Morgan fingerprint density at radius 1 is 1.06 bits per heavy atom. The van der Waals surface area contributed by atoms with Crippen LogP contribution in [0.25, 0.3) is 0 Å². The van der Waals surface area contributed by atoms with Crippen LogP contribution in [0.15, 0.2) is 42.5 Å². The first-order chi connectivity index (χ1) is 15.0. The lowest BCUT2D eigenvalue weighted by Gasteiger charge is -2.24. The molecule has 2 aliphatic heterocycles. The molecular weight excluding hydrogens is 396 g/mol. The number of benzene rings is 2. The third kappa shape index (κ3) is 5.08. The Kier molecular flexibility index (Phi) is 6.27. The van der Waals surface area contributed by atoms with Gasteiger partial charge in [-0.1, -0.05) is 18.2 Å². The topological polar surface area (TPSA) is 123 Å². The molecule has 8 heteroatoms. The van der Waals surface area contributed by atoms with Crippen molar-refractivity contribution in [3.05, 3.63) is 59.2 Å². The van der Waals surface area contributed by atoms with Crippen LogP contribution >= 0.6 is 0 Å². The zero-order valence-corrected chi connectivity index (χ0v) is 17.4. The van der Waals surface area contributed by atoms with Gasteiger partial charge in [0.2, 0.25) is 6.10 Å². The number of nitrogens with zero attached hydrogens (tertiary/aromatic N) is 1. The maximum absolute atomic E-state index is 11.9. The molecule has 8 nitrogen and oxygen atoms in total. The molecule has 0 bridgehead atoms. The number of hydrogen-bond acceptors (Lipinski definition) is 4. The van der Waals surface area contributed by atoms with E-state index in [1.165, 1.54) is 5.56 Å². The van der Waals surface area contributed by atoms with E-state index < -0.39 is 12.1 Å². The van der Waals surface area contributed by atoms with Crippen LogP contribution in [0, 0.1) is 0 Å². The highest BCUT2D eigenvalue weighted by atomic mass is 16.5. The average molecular weight is 426 g/mol. The first-order valence-corrected chi connectivity index (χ1v) is 10.6. The van der Waals surface area contributed by atoms with E-state index in [1.54, 1.807) is 24.3 Å².